The summed E-state index contributed by atoms with van der Waals surface area (Å²) in [4.78, 5) is 12.5. The molecule has 0 saturated carbocycles. The second-order valence-corrected chi connectivity index (χ2v) is 13.7. The molecule has 1 N–H and O–H groups in total. The SMILES string of the molecule is CO[C@@H]1O[C@@H]2CO[C@H]3[C@H](O[C@H]2[C@H](OCc2ccccc2)[C@H]1NC(C)=O)O[C@H](COCc1ccccc1)[C@H](OCc1ccccc1)[C@@H]3OCc1ccccc1. The first-order valence-electron chi connectivity index (χ1n) is 18.5. The fourth-order valence-corrected chi connectivity index (χ4v) is 7.21. The lowest BCUT2D eigenvalue weighted by Gasteiger charge is -2.47. The molecule has 4 aromatic rings. The number of ether oxygens (including phenoxy) is 9. The molecular formula is C43H49NO10. The van der Waals surface area contributed by atoms with Gasteiger partial charge in [0.1, 0.15) is 48.8 Å². The monoisotopic (exact) mass is 739 g/mol. The van der Waals surface area contributed by atoms with Crippen molar-refractivity contribution in [1.29, 1.82) is 0 Å². The molecule has 3 heterocycles. The first-order valence-corrected chi connectivity index (χ1v) is 18.5. The van der Waals surface area contributed by atoms with Gasteiger partial charge < -0.3 is 47.9 Å². The summed E-state index contributed by atoms with van der Waals surface area (Å²) < 4.78 is 59.0. The number of methoxy groups -OCH3 is 1. The van der Waals surface area contributed by atoms with Crippen LogP contribution < -0.4 is 5.32 Å². The molecule has 4 aromatic carbocycles. The molecule has 10 atom stereocenters. The van der Waals surface area contributed by atoms with Crippen LogP contribution in [0.3, 0.4) is 0 Å². The van der Waals surface area contributed by atoms with Crippen molar-refractivity contribution in [2.24, 2.45) is 0 Å². The smallest absolute Gasteiger partial charge is 0.217 e. The number of fused-ring (bicyclic) bond motifs is 2. The largest absolute Gasteiger partial charge is 0.374 e. The van der Waals surface area contributed by atoms with Crippen LogP contribution >= 0.6 is 0 Å². The van der Waals surface area contributed by atoms with E-state index in [1.165, 1.54) is 14.0 Å². The van der Waals surface area contributed by atoms with Gasteiger partial charge in [-0.15, -0.1) is 0 Å². The Balaban J connectivity index is 1.19. The average Bonchev–Trinajstić information content (AvgIpc) is 3.39. The molecule has 1 amide bonds. The van der Waals surface area contributed by atoms with E-state index < -0.39 is 61.3 Å². The molecule has 0 spiro atoms. The molecule has 0 radical (unpaired) electrons. The topological polar surface area (TPSA) is 112 Å². The van der Waals surface area contributed by atoms with E-state index in [1.54, 1.807) is 0 Å². The van der Waals surface area contributed by atoms with Gasteiger partial charge in [-0.1, -0.05) is 121 Å². The summed E-state index contributed by atoms with van der Waals surface area (Å²) in [6.07, 6.45) is -6.33. The van der Waals surface area contributed by atoms with Crippen molar-refractivity contribution in [3.05, 3.63) is 144 Å². The summed E-state index contributed by atoms with van der Waals surface area (Å²) in [6, 6.07) is 39.1. The van der Waals surface area contributed by atoms with E-state index in [2.05, 4.69) is 5.32 Å². The van der Waals surface area contributed by atoms with Crippen molar-refractivity contribution in [2.45, 2.75) is 94.7 Å². The second kappa shape index (κ2) is 19.0. The molecule has 0 bridgehead atoms. The summed E-state index contributed by atoms with van der Waals surface area (Å²) >= 11 is 0. The predicted molar refractivity (Wildman–Crippen MR) is 198 cm³/mol. The number of carbonyl (C=O) groups excluding carboxylic acids is 1. The summed E-state index contributed by atoms with van der Waals surface area (Å²) in [5.74, 6) is -0.252. The van der Waals surface area contributed by atoms with Crippen molar-refractivity contribution in [2.75, 3.05) is 20.3 Å². The molecule has 3 aliphatic rings. The minimum absolute atomic E-state index is 0.124. The van der Waals surface area contributed by atoms with E-state index in [0.29, 0.717) is 19.8 Å². The standard InChI is InChI=1S/C43H49NO10/c1-29(45)44-36-39(49-25-32-19-11-5-12-20-32)38-35(52-42(36)46-2)28-51-41-40(50-26-33-21-13-6-14-22-33)37(48-24-31-17-9-4-10-18-31)34(53-43(41)54-38)27-47-23-30-15-7-3-8-16-30/h3-22,34-43H,23-28H2,1-2H3,(H,44,45)/t34-,35-,36-,37+,38-,39-,40+,41-,42-,43+/m1/s1. The third-order valence-corrected chi connectivity index (χ3v) is 9.83. The maximum Gasteiger partial charge on any atom is 0.217 e. The molecule has 11 nitrogen and oxygen atoms in total. The Bertz CT molecular complexity index is 1700. The van der Waals surface area contributed by atoms with E-state index >= 15 is 0 Å². The Labute approximate surface area is 316 Å². The van der Waals surface area contributed by atoms with Gasteiger partial charge >= 0.3 is 0 Å². The molecule has 3 fully saturated rings. The molecule has 0 unspecified atom stereocenters. The highest BCUT2D eigenvalue weighted by Crippen LogP contribution is 2.37. The zero-order valence-electron chi connectivity index (χ0n) is 30.6. The molecular weight excluding hydrogens is 690 g/mol. The quantitative estimate of drug-likeness (QED) is 0.172. The molecule has 286 valence electrons. The lowest BCUT2D eigenvalue weighted by Crippen LogP contribution is -2.66. The van der Waals surface area contributed by atoms with E-state index in [-0.39, 0.29) is 25.7 Å². The van der Waals surface area contributed by atoms with Gasteiger partial charge in [0.25, 0.3) is 0 Å². The van der Waals surface area contributed by atoms with E-state index in [1.807, 2.05) is 121 Å². The summed E-state index contributed by atoms with van der Waals surface area (Å²) in [7, 11) is 1.54. The predicted octanol–water partition coefficient (Wildman–Crippen LogP) is 5.34. The highest BCUT2D eigenvalue weighted by Gasteiger charge is 2.56. The van der Waals surface area contributed by atoms with Gasteiger partial charge in [-0.3, -0.25) is 4.79 Å². The third kappa shape index (κ3) is 9.80. The van der Waals surface area contributed by atoms with Crippen LogP contribution in [0.2, 0.25) is 0 Å². The van der Waals surface area contributed by atoms with Gasteiger partial charge in [-0.2, -0.15) is 0 Å². The van der Waals surface area contributed by atoms with Gasteiger partial charge in [0.05, 0.1) is 39.6 Å². The van der Waals surface area contributed by atoms with Gasteiger partial charge in [0.15, 0.2) is 12.6 Å². The Morgan fingerprint density at radius 3 is 1.65 bits per heavy atom. The molecule has 0 aromatic heterocycles. The third-order valence-electron chi connectivity index (χ3n) is 9.83. The zero-order valence-corrected chi connectivity index (χ0v) is 30.6. The molecule has 11 heteroatoms. The van der Waals surface area contributed by atoms with Crippen LogP contribution in [-0.4, -0.2) is 87.6 Å². The maximum absolute atomic E-state index is 12.5. The van der Waals surface area contributed by atoms with Gasteiger partial charge in [-0.25, -0.2) is 0 Å². The lowest BCUT2D eigenvalue weighted by atomic mass is 9.96. The van der Waals surface area contributed by atoms with Crippen LogP contribution in [0.4, 0.5) is 0 Å². The van der Waals surface area contributed by atoms with Crippen LogP contribution in [0.1, 0.15) is 29.2 Å². The molecule has 54 heavy (non-hydrogen) atoms. The van der Waals surface area contributed by atoms with Crippen LogP contribution in [-0.2, 0) is 73.9 Å². The van der Waals surface area contributed by atoms with Gasteiger partial charge in [0.2, 0.25) is 5.91 Å². The number of hydrogen-bond donors (Lipinski definition) is 1. The first kappa shape index (κ1) is 38.3. The van der Waals surface area contributed by atoms with E-state index in [0.717, 1.165) is 22.3 Å². The Hall–Kier alpha value is -4.01. The van der Waals surface area contributed by atoms with Gasteiger partial charge in [-0.05, 0) is 22.3 Å². The van der Waals surface area contributed by atoms with Crippen molar-refractivity contribution in [1.82, 2.24) is 5.32 Å². The highest BCUT2D eigenvalue weighted by molar-refractivity contribution is 5.73. The molecule has 7 rings (SSSR count). The number of carbonyl (C=O) groups is 1. The number of benzene rings is 4. The Kier molecular flexibility index (Phi) is 13.5. The van der Waals surface area contributed by atoms with Gasteiger partial charge in [0, 0.05) is 14.0 Å². The second-order valence-electron chi connectivity index (χ2n) is 13.7. The minimum Gasteiger partial charge on any atom is -0.374 e. The molecule has 0 aliphatic carbocycles. The van der Waals surface area contributed by atoms with Crippen LogP contribution in [0.25, 0.3) is 0 Å². The summed E-state index contributed by atoms with van der Waals surface area (Å²) in [5, 5.41) is 2.99. The summed E-state index contributed by atoms with van der Waals surface area (Å²) in [5.41, 5.74) is 4.02. The number of nitrogens with one attached hydrogen (secondary N) is 1. The molecule has 3 saturated heterocycles. The van der Waals surface area contributed by atoms with Crippen molar-refractivity contribution < 1.29 is 47.4 Å². The minimum atomic E-state index is -0.925. The fraction of sp³-hybridized carbons (Fsp3) is 0.419. The van der Waals surface area contributed by atoms with Crippen LogP contribution in [0.15, 0.2) is 121 Å². The lowest BCUT2D eigenvalue weighted by molar-refractivity contribution is -0.338. The van der Waals surface area contributed by atoms with E-state index in [9.17, 15) is 4.79 Å². The molecule has 3 aliphatic heterocycles. The van der Waals surface area contributed by atoms with Crippen molar-refractivity contribution in [3.8, 4) is 0 Å². The number of hydrogen-bond acceptors (Lipinski definition) is 10. The highest BCUT2D eigenvalue weighted by atomic mass is 16.8. The van der Waals surface area contributed by atoms with E-state index in [4.69, 9.17) is 42.6 Å². The fourth-order valence-electron chi connectivity index (χ4n) is 7.21. The van der Waals surface area contributed by atoms with Crippen molar-refractivity contribution in [3.63, 3.8) is 0 Å². The zero-order chi connectivity index (χ0) is 37.1. The number of rotatable bonds is 15. The maximum atomic E-state index is 12.5. The average molecular weight is 740 g/mol. The normalized spacial score (nSPS) is 29.4. The Morgan fingerprint density at radius 2 is 1.13 bits per heavy atom. The summed E-state index contributed by atoms with van der Waals surface area (Å²) in [6.45, 7) is 3.07. The van der Waals surface area contributed by atoms with Crippen LogP contribution in [0, 0.1) is 0 Å². The first-order chi connectivity index (χ1) is 26.6. The van der Waals surface area contributed by atoms with Crippen molar-refractivity contribution >= 4 is 5.91 Å². The van der Waals surface area contributed by atoms with Crippen LogP contribution in [0.5, 0.6) is 0 Å². The number of amides is 1. The Morgan fingerprint density at radius 1 is 0.630 bits per heavy atom.